The molecule has 0 spiro atoms. The number of hydrogen-bond donors (Lipinski definition) is 0. The van der Waals surface area contributed by atoms with Gasteiger partial charge in [0, 0.05) is 11.9 Å². The van der Waals surface area contributed by atoms with Crippen molar-refractivity contribution < 1.29 is 4.74 Å². The van der Waals surface area contributed by atoms with Crippen LogP contribution >= 0.6 is 31.9 Å². The van der Waals surface area contributed by atoms with Crippen LogP contribution in [-0.4, -0.2) is 23.5 Å². The van der Waals surface area contributed by atoms with Crippen LogP contribution in [-0.2, 0) is 17.7 Å². The number of aromatic nitrogens is 2. The van der Waals surface area contributed by atoms with Gasteiger partial charge in [0.05, 0.1) is 29.5 Å². The summed E-state index contributed by atoms with van der Waals surface area (Å²) in [5.41, 5.74) is 2.54. The zero-order valence-electron chi connectivity index (χ0n) is 11.4. The lowest BCUT2D eigenvalue weighted by molar-refractivity contribution is 0.182. The summed E-state index contributed by atoms with van der Waals surface area (Å²) >= 11 is 7.34. The van der Waals surface area contributed by atoms with Gasteiger partial charge in [-0.05, 0) is 34.3 Å². The minimum absolute atomic E-state index is 0.362. The van der Waals surface area contributed by atoms with E-state index in [9.17, 15) is 0 Å². The first-order chi connectivity index (χ1) is 9.72. The van der Waals surface area contributed by atoms with Crippen LogP contribution < -0.4 is 0 Å². The van der Waals surface area contributed by atoms with Crippen LogP contribution in [0.4, 0.5) is 0 Å². The Kier molecular flexibility index (Phi) is 6.26. The van der Waals surface area contributed by atoms with E-state index in [1.807, 2.05) is 16.9 Å². The van der Waals surface area contributed by atoms with Gasteiger partial charge in [-0.2, -0.15) is 5.10 Å². The van der Waals surface area contributed by atoms with Gasteiger partial charge in [-0.1, -0.05) is 46.3 Å². The molecule has 3 nitrogen and oxygen atoms in total. The lowest BCUT2D eigenvalue weighted by atomic mass is 10.1. The minimum atomic E-state index is 0.362. The second-order valence-electron chi connectivity index (χ2n) is 4.57. The standard InChI is InChI=1S/C15H18Br2N2O/c1-20-10-9-19-15(14(17)11-18-19)8-7-13(16)12-5-3-2-4-6-12/h2-6,11,13H,7-10H2,1H3. The van der Waals surface area contributed by atoms with Gasteiger partial charge in [0.2, 0.25) is 0 Å². The predicted octanol–water partition coefficient (Wildman–Crippen LogP) is 4.36. The zero-order chi connectivity index (χ0) is 14.4. The molecule has 108 valence electrons. The van der Waals surface area contributed by atoms with Crippen molar-refractivity contribution in [3.05, 3.63) is 52.3 Å². The van der Waals surface area contributed by atoms with Crippen molar-refractivity contribution in [3.63, 3.8) is 0 Å². The number of benzene rings is 1. The molecule has 2 rings (SSSR count). The first kappa shape index (κ1) is 15.7. The largest absolute Gasteiger partial charge is 0.383 e. The molecule has 1 aromatic carbocycles. The molecule has 0 bridgehead atoms. The first-order valence-corrected chi connectivity index (χ1v) is 8.31. The van der Waals surface area contributed by atoms with Crippen molar-refractivity contribution in [1.29, 1.82) is 0 Å². The van der Waals surface area contributed by atoms with Gasteiger partial charge in [-0.3, -0.25) is 4.68 Å². The van der Waals surface area contributed by atoms with Crippen molar-refractivity contribution in [3.8, 4) is 0 Å². The molecule has 0 aliphatic carbocycles. The summed E-state index contributed by atoms with van der Waals surface area (Å²) in [6.45, 7) is 1.47. The molecule has 0 radical (unpaired) electrons. The highest BCUT2D eigenvalue weighted by atomic mass is 79.9. The highest BCUT2D eigenvalue weighted by molar-refractivity contribution is 9.10. The van der Waals surface area contributed by atoms with Gasteiger partial charge in [-0.15, -0.1) is 0 Å². The van der Waals surface area contributed by atoms with E-state index in [2.05, 4.69) is 61.2 Å². The van der Waals surface area contributed by atoms with Crippen LogP contribution in [0.2, 0.25) is 0 Å². The molecule has 0 aliphatic rings. The summed E-state index contributed by atoms with van der Waals surface area (Å²) in [7, 11) is 1.71. The monoisotopic (exact) mass is 400 g/mol. The van der Waals surface area contributed by atoms with Crippen molar-refractivity contribution in [2.24, 2.45) is 0 Å². The van der Waals surface area contributed by atoms with Crippen LogP contribution in [0.3, 0.4) is 0 Å². The average molecular weight is 402 g/mol. The number of halogens is 2. The topological polar surface area (TPSA) is 27.1 Å². The van der Waals surface area contributed by atoms with Gasteiger partial charge in [-0.25, -0.2) is 0 Å². The Hall–Kier alpha value is -0.650. The van der Waals surface area contributed by atoms with Gasteiger partial charge in [0.15, 0.2) is 0 Å². The van der Waals surface area contributed by atoms with Crippen LogP contribution in [0, 0.1) is 0 Å². The fraction of sp³-hybridized carbons (Fsp3) is 0.400. The Morgan fingerprint density at radius 2 is 2.05 bits per heavy atom. The number of alkyl halides is 1. The molecule has 0 saturated heterocycles. The fourth-order valence-electron chi connectivity index (χ4n) is 2.10. The molecular weight excluding hydrogens is 384 g/mol. The molecule has 1 heterocycles. The molecule has 5 heteroatoms. The van der Waals surface area contributed by atoms with Gasteiger partial charge < -0.3 is 4.74 Å². The van der Waals surface area contributed by atoms with Crippen LogP contribution in [0.15, 0.2) is 41.0 Å². The Balaban J connectivity index is 1.98. The van der Waals surface area contributed by atoms with E-state index in [4.69, 9.17) is 4.74 Å². The van der Waals surface area contributed by atoms with Crippen molar-refractivity contribution in [2.45, 2.75) is 24.2 Å². The maximum absolute atomic E-state index is 5.12. The van der Waals surface area contributed by atoms with Crippen LogP contribution in [0.1, 0.15) is 22.5 Å². The second-order valence-corrected chi connectivity index (χ2v) is 6.53. The highest BCUT2D eigenvalue weighted by Crippen LogP contribution is 2.29. The van der Waals surface area contributed by atoms with Crippen LogP contribution in [0.5, 0.6) is 0 Å². The van der Waals surface area contributed by atoms with E-state index in [0.717, 1.165) is 23.9 Å². The third kappa shape index (κ3) is 4.17. The fourth-order valence-corrected chi connectivity index (χ4v) is 3.13. The molecule has 0 aliphatic heterocycles. The second kappa shape index (κ2) is 7.96. The number of ether oxygens (including phenoxy) is 1. The minimum Gasteiger partial charge on any atom is -0.383 e. The van der Waals surface area contributed by atoms with Crippen molar-refractivity contribution in [1.82, 2.24) is 9.78 Å². The van der Waals surface area contributed by atoms with E-state index in [1.165, 1.54) is 11.3 Å². The number of hydrogen-bond acceptors (Lipinski definition) is 2. The Bertz CT molecular complexity index is 528. The normalized spacial score (nSPS) is 12.6. The molecule has 0 fully saturated rings. The lowest BCUT2D eigenvalue weighted by Gasteiger charge is -2.12. The SMILES string of the molecule is COCCn1ncc(Br)c1CCC(Br)c1ccccc1. The summed E-state index contributed by atoms with van der Waals surface area (Å²) < 4.78 is 8.20. The van der Waals surface area contributed by atoms with Gasteiger partial charge in [0.1, 0.15) is 0 Å². The molecule has 0 saturated carbocycles. The van der Waals surface area contributed by atoms with E-state index < -0.39 is 0 Å². The Morgan fingerprint density at radius 3 is 2.75 bits per heavy atom. The Labute approximate surface area is 136 Å². The molecule has 0 amide bonds. The maximum atomic E-state index is 5.12. The Morgan fingerprint density at radius 1 is 1.30 bits per heavy atom. The van der Waals surface area contributed by atoms with Crippen molar-refractivity contribution >= 4 is 31.9 Å². The molecule has 20 heavy (non-hydrogen) atoms. The molecule has 1 aromatic heterocycles. The summed E-state index contributed by atoms with van der Waals surface area (Å²) in [5, 5.41) is 4.38. The molecule has 2 aromatic rings. The molecule has 1 unspecified atom stereocenters. The lowest BCUT2D eigenvalue weighted by Crippen LogP contribution is -2.10. The number of rotatable bonds is 7. The van der Waals surface area contributed by atoms with Gasteiger partial charge in [0.25, 0.3) is 0 Å². The van der Waals surface area contributed by atoms with E-state index >= 15 is 0 Å². The summed E-state index contributed by atoms with van der Waals surface area (Å²) in [6, 6.07) is 10.5. The third-order valence-electron chi connectivity index (χ3n) is 3.20. The van der Waals surface area contributed by atoms with Crippen LogP contribution in [0.25, 0.3) is 0 Å². The quantitative estimate of drug-likeness (QED) is 0.644. The number of methoxy groups -OCH3 is 1. The smallest absolute Gasteiger partial charge is 0.0658 e. The average Bonchev–Trinajstić information content (AvgIpc) is 2.84. The third-order valence-corrected chi connectivity index (χ3v) is 4.85. The summed E-state index contributed by atoms with van der Waals surface area (Å²) in [4.78, 5) is 0.362. The zero-order valence-corrected chi connectivity index (χ0v) is 14.6. The van der Waals surface area contributed by atoms with E-state index in [1.54, 1.807) is 7.11 Å². The highest BCUT2D eigenvalue weighted by Gasteiger charge is 2.12. The van der Waals surface area contributed by atoms with E-state index in [0.29, 0.717) is 11.4 Å². The van der Waals surface area contributed by atoms with Crippen molar-refractivity contribution in [2.75, 3.05) is 13.7 Å². The molecule has 0 N–H and O–H groups in total. The first-order valence-electron chi connectivity index (χ1n) is 6.60. The maximum Gasteiger partial charge on any atom is 0.0658 e. The van der Waals surface area contributed by atoms with E-state index in [-0.39, 0.29) is 0 Å². The molecular formula is C15H18Br2N2O. The van der Waals surface area contributed by atoms with Gasteiger partial charge >= 0.3 is 0 Å². The number of nitrogens with zero attached hydrogens (tertiary/aromatic N) is 2. The predicted molar refractivity (Wildman–Crippen MR) is 88.2 cm³/mol. The summed E-state index contributed by atoms with van der Waals surface area (Å²) in [5.74, 6) is 0. The molecule has 1 atom stereocenters. The summed E-state index contributed by atoms with van der Waals surface area (Å²) in [6.07, 6.45) is 3.85.